The fraction of sp³-hybridized carbons (Fsp3) is 0.261. The Balaban J connectivity index is 1.59. The van der Waals surface area contributed by atoms with Crippen LogP contribution in [-0.4, -0.2) is 44.8 Å². The van der Waals surface area contributed by atoms with Crippen molar-refractivity contribution in [1.29, 1.82) is 0 Å². The topological polar surface area (TPSA) is 75.4 Å². The van der Waals surface area contributed by atoms with E-state index in [0.29, 0.717) is 31.5 Å². The van der Waals surface area contributed by atoms with Gasteiger partial charge in [0, 0.05) is 25.7 Å². The Morgan fingerprint density at radius 3 is 2.14 bits per heavy atom. The molecule has 148 valence electrons. The predicted octanol–water partition coefficient (Wildman–Crippen LogP) is 3.35. The Bertz CT molecular complexity index is 1020. The van der Waals surface area contributed by atoms with Crippen LogP contribution in [0.5, 0.6) is 0 Å². The molecule has 0 radical (unpaired) electrons. The minimum atomic E-state index is -0.949. The molecule has 29 heavy (non-hydrogen) atoms. The van der Waals surface area contributed by atoms with E-state index in [0.717, 1.165) is 16.8 Å². The average Bonchev–Trinajstić information content (AvgIpc) is 3.15. The van der Waals surface area contributed by atoms with Crippen LogP contribution in [0.1, 0.15) is 28.8 Å². The van der Waals surface area contributed by atoms with Gasteiger partial charge < -0.3 is 10.0 Å². The summed E-state index contributed by atoms with van der Waals surface area (Å²) in [6.45, 7) is 0.784. The third-order valence-corrected chi connectivity index (χ3v) is 5.86. The van der Waals surface area contributed by atoms with Gasteiger partial charge in [-0.05, 0) is 18.4 Å². The van der Waals surface area contributed by atoms with Gasteiger partial charge in [-0.15, -0.1) is 0 Å². The zero-order valence-electron chi connectivity index (χ0n) is 16.3. The van der Waals surface area contributed by atoms with Crippen LogP contribution < -0.4 is 0 Å². The number of benzene rings is 2. The molecule has 1 aliphatic heterocycles. The SMILES string of the molecule is Cn1ncc(C(=O)N2CCC(C(=O)O)(c3ccccc3)CC2)c1-c1ccccc1. The summed E-state index contributed by atoms with van der Waals surface area (Å²) in [4.78, 5) is 27.1. The molecule has 2 heterocycles. The van der Waals surface area contributed by atoms with E-state index in [9.17, 15) is 14.7 Å². The van der Waals surface area contributed by atoms with Crippen molar-refractivity contribution in [2.75, 3.05) is 13.1 Å². The molecule has 0 atom stereocenters. The highest BCUT2D eigenvalue weighted by molar-refractivity contribution is 6.00. The summed E-state index contributed by atoms with van der Waals surface area (Å²) < 4.78 is 1.71. The van der Waals surface area contributed by atoms with E-state index in [2.05, 4.69) is 5.10 Å². The minimum Gasteiger partial charge on any atom is -0.481 e. The molecular weight excluding hydrogens is 366 g/mol. The molecule has 1 N–H and O–H groups in total. The second-order valence-corrected chi connectivity index (χ2v) is 7.44. The lowest BCUT2D eigenvalue weighted by Crippen LogP contribution is -2.49. The standard InChI is InChI=1S/C23H23N3O3/c1-25-20(17-8-4-2-5-9-17)19(16-24-25)21(27)26-14-12-23(13-15-26,22(28)29)18-10-6-3-7-11-18/h2-11,16H,12-15H2,1H3,(H,28,29). The Labute approximate surface area is 169 Å². The first-order valence-corrected chi connectivity index (χ1v) is 9.68. The number of hydrogen-bond donors (Lipinski definition) is 1. The Morgan fingerprint density at radius 2 is 1.55 bits per heavy atom. The van der Waals surface area contributed by atoms with E-state index in [4.69, 9.17) is 0 Å². The lowest BCUT2D eigenvalue weighted by molar-refractivity contribution is -0.145. The van der Waals surface area contributed by atoms with Crippen molar-refractivity contribution in [2.45, 2.75) is 18.3 Å². The number of hydrogen-bond acceptors (Lipinski definition) is 3. The summed E-state index contributed by atoms with van der Waals surface area (Å²) in [5.41, 5.74) is 2.09. The van der Waals surface area contributed by atoms with Gasteiger partial charge in [0.15, 0.2) is 0 Å². The molecule has 3 aromatic rings. The largest absolute Gasteiger partial charge is 0.481 e. The number of aryl methyl sites for hydroxylation is 1. The van der Waals surface area contributed by atoms with Gasteiger partial charge in [0.1, 0.15) is 0 Å². The first-order chi connectivity index (χ1) is 14.0. The molecule has 1 aromatic heterocycles. The van der Waals surface area contributed by atoms with Crippen molar-refractivity contribution in [2.24, 2.45) is 7.05 Å². The van der Waals surface area contributed by atoms with Crippen molar-refractivity contribution in [3.8, 4) is 11.3 Å². The molecule has 1 aliphatic rings. The summed E-state index contributed by atoms with van der Waals surface area (Å²) in [7, 11) is 1.82. The van der Waals surface area contributed by atoms with Gasteiger partial charge >= 0.3 is 5.97 Å². The first kappa shape index (κ1) is 18.9. The van der Waals surface area contributed by atoms with Crippen molar-refractivity contribution in [1.82, 2.24) is 14.7 Å². The number of piperidine rings is 1. The van der Waals surface area contributed by atoms with Crippen LogP contribution in [0.4, 0.5) is 0 Å². The molecule has 1 amide bonds. The lowest BCUT2D eigenvalue weighted by Gasteiger charge is -2.39. The normalized spacial score (nSPS) is 15.8. The molecule has 2 aromatic carbocycles. The molecule has 1 fully saturated rings. The number of carbonyl (C=O) groups excluding carboxylic acids is 1. The average molecular weight is 389 g/mol. The smallest absolute Gasteiger partial charge is 0.314 e. The number of aromatic nitrogens is 2. The number of aliphatic carboxylic acids is 1. The summed E-state index contributed by atoms with van der Waals surface area (Å²) in [5, 5.41) is 14.3. The fourth-order valence-corrected chi connectivity index (χ4v) is 4.18. The molecule has 6 nitrogen and oxygen atoms in total. The Kier molecular flexibility index (Phi) is 4.92. The third-order valence-electron chi connectivity index (χ3n) is 5.86. The molecule has 4 rings (SSSR count). The number of carboxylic acid groups (broad SMARTS) is 1. The summed E-state index contributed by atoms with van der Waals surface area (Å²) in [6.07, 6.45) is 2.37. The van der Waals surface area contributed by atoms with Crippen LogP contribution in [0.2, 0.25) is 0 Å². The van der Waals surface area contributed by atoms with Gasteiger partial charge in [-0.1, -0.05) is 60.7 Å². The van der Waals surface area contributed by atoms with Crippen LogP contribution in [0.3, 0.4) is 0 Å². The molecule has 0 unspecified atom stereocenters. The molecule has 6 heteroatoms. The molecule has 0 saturated carbocycles. The van der Waals surface area contributed by atoms with Crippen molar-refractivity contribution in [3.63, 3.8) is 0 Å². The van der Waals surface area contributed by atoms with Crippen molar-refractivity contribution >= 4 is 11.9 Å². The Hall–Kier alpha value is -3.41. The monoisotopic (exact) mass is 389 g/mol. The second kappa shape index (κ2) is 7.54. The Morgan fingerprint density at radius 1 is 0.966 bits per heavy atom. The van der Waals surface area contributed by atoms with Gasteiger partial charge in [0.2, 0.25) is 0 Å². The van der Waals surface area contributed by atoms with Crippen LogP contribution in [-0.2, 0) is 17.3 Å². The second-order valence-electron chi connectivity index (χ2n) is 7.44. The number of carboxylic acids is 1. The number of amides is 1. The maximum Gasteiger partial charge on any atom is 0.314 e. The van der Waals surface area contributed by atoms with E-state index < -0.39 is 11.4 Å². The zero-order valence-corrected chi connectivity index (χ0v) is 16.3. The maximum atomic E-state index is 13.2. The van der Waals surface area contributed by atoms with E-state index >= 15 is 0 Å². The van der Waals surface area contributed by atoms with Crippen molar-refractivity contribution < 1.29 is 14.7 Å². The molecule has 0 aliphatic carbocycles. The molecular formula is C23H23N3O3. The fourth-order valence-electron chi connectivity index (χ4n) is 4.18. The highest BCUT2D eigenvalue weighted by Gasteiger charge is 2.44. The van der Waals surface area contributed by atoms with Crippen LogP contribution in [0.15, 0.2) is 66.9 Å². The summed E-state index contributed by atoms with van der Waals surface area (Å²) in [5.74, 6) is -0.939. The quantitative estimate of drug-likeness (QED) is 0.743. The van der Waals surface area contributed by atoms with Gasteiger partial charge in [-0.25, -0.2) is 0 Å². The molecule has 1 saturated heterocycles. The number of rotatable bonds is 4. The van der Waals surface area contributed by atoms with Gasteiger partial charge in [-0.2, -0.15) is 5.10 Å². The predicted molar refractivity (Wildman–Crippen MR) is 110 cm³/mol. The van der Waals surface area contributed by atoms with Crippen LogP contribution in [0, 0.1) is 0 Å². The number of carbonyl (C=O) groups is 2. The van der Waals surface area contributed by atoms with E-state index in [1.54, 1.807) is 15.8 Å². The van der Waals surface area contributed by atoms with Crippen LogP contribution in [0.25, 0.3) is 11.3 Å². The third kappa shape index (κ3) is 3.31. The maximum absolute atomic E-state index is 13.2. The summed E-state index contributed by atoms with van der Waals surface area (Å²) >= 11 is 0. The zero-order chi connectivity index (χ0) is 20.4. The lowest BCUT2D eigenvalue weighted by atomic mass is 9.72. The van der Waals surface area contributed by atoms with Gasteiger partial charge in [-0.3, -0.25) is 14.3 Å². The van der Waals surface area contributed by atoms with Gasteiger partial charge in [0.05, 0.1) is 22.9 Å². The first-order valence-electron chi connectivity index (χ1n) is 9.68. The highest BCUT2D eigenvalue weighted by atomic mass is 16.4. The van der Waals surface area contributed by atoms with Crippen molar-refractivity contribution in [3.05, 3.63) is 78.0 Å². The highest BCUT2D eigenvalue weighted by Crippen LogP contribution is 2.36. The minimum absolute atomic E-state index is 0.107. The van der Waals surface area contributed by atoms with E-state index in [1.165, 1.54) is 0 Å². The van der Waals surface area contributed by atoms with E-state index in [-0.39, 0.29) is 5.91 Å². The number of likely N-dealkylation sites (tertiary alicyclic amines) is 1. The molecule has 0 bridgehead atoms. The molecule has 0 spiro atoms. The summed E-state index contributed by atoms with van der Waals surface area (Å²) in [6, 6.07) is 19.0. The number of nitrogens with zero attached hydrogens (tertiary/aromatic N) is 3. The van der Waals surface area contributed by atoms with E-state index in [1.807, 2.05) is 67.7 Å². The van der Waals surface area contributed by atoms with Crippen LogP contribution >= 0.6 is 0 Å². The van der Waals surface area contributed by atoms with Gasteiger partial charge in [0.25, 0.3) is 5.91 Å².